The molecule has 0 N–H and O–H groups in total. The quantitative estimate of drug-likeness (QED) is 0.675. The Balaban J connectivity index is 2.73. The SMILES string of the molecule is O=C(Sc1ccccc1Cl)N(CC=CCl)CC=CCl. The second kappa shape index (κ2) is 9.32. The largest absolute Gasteiger partial charge is 0.326 e. The number of hydrogen-bond acceptors (Lipinski definition) is 2. The second-order valence-corrected chi connectivity index (χ2v) is 5.33. The number of nitrogens with zero attached hydrogens (tertiary/aromatic N) is 1. The molecular weight excluding hydrogens is 325 g/mol. The summed E-state index contributed by atoms with van der Waals surface area (Å²) < 4.78 is 0. The van der Waals surface area contributed by atoms with E-state index in [1.165, 1.54) is 11.1 Å². The van der Waals surface area contributed by atoms with Gasteiger partial charge in [-0.2, -0.15) is 0 Å². The maximum Gasteiger partial charge on any atom is 0.287 e. The molecule has 6 heteroatoms. The Labute approximate surface area is 132 Å². The summed E-state index contributed by atoms with van der Waals surface area (Å²) >= 11 is 18.1. The van der Waals surface area contributed by atoms with E-state index in [1.54, 1.807) is 29.2 Å². The van der Waals surface area contributed by atoms with Crippen LogP contribution in [0.2, 0.25) is 5.02 Å². The van der Waals surface area contributed by atoms with Crippen LogP contribution >= 0.6 is 46.6 Å². The van der Waals surface area contributed by atoms with Gasteiger partial charge in [-0.25, -0.2) is 0 Å². The lowest BCUT2D eigenvalue weighted by Gasteiger charge is -2.18. The van der Waals surface area contributed by atoms with Gasteiger partial charge >= 0.3 is 0 Å². The molecule has 0 saturated heterocycles. The van der Waals surface area contributed by atoms with Crippen LogP contribution in [0.15, 0.2) is 52.4 Å². The van der Waals surface area contributed by atoms with Crippen LogP contribution in [0.25, 0.3) is 0 Å². The molecule has 1 amide bonds. The Kier molecular flexibility index (Phi) is 8.07. The first kappa shape index (κ1) is 16.4. The fraction of sp³-hybridized carbons (Fsp3) is 0.154. The zero-order chi connectivity index (χ0) is 14.1. The second-order valence-electron chi connectivity index (χ2n) is 3.43. The average Bonchev–Trinajstić information content (AvgIpc) is 2.41. The number of thioether (sulfide) groups is 1. The van der Waals surface area contributed by atoms with Crippen molar-refractivity contribution in [3.63, 3.8) is 0 Å². The molecule has 0 aliphatic heterocycles. The van der Waals surface area contributed by atoms with Gasteiger partial charge in [-0.15, -0.1) is 0 Å². The number of carbonyl (C=O) groups is 1. The zero-order valence-electron chi connectivity index (χ0n) is 9.93. The molecular formula is C13H12Cl3NOS. The minimum Gasteiger partial charge on any atom is -0.326 e. The molecule has 0 saturated carbocycles. The first-order chi connectivity index (χ1) is 9.19. The number of rotatable bonds is 5. The van der Waals surface area contributed by atoms with Crippen molar-refractivity contribution in [2.24, 2.45) is 0 Å². The zero-order valence-corrected chi connectivity index (χ0v) is 13.0. The molecule has 2 nitrogen and oxygen atoms in total. The molecule has 0 aliphatic carbocycles. The monoisotopic (exact) mass is 335 g/mol. The standard InChI is InChI=1S/C13H12Cl3NOS/c14-7-3-9-17(10-4-8-15)13(18)19-12-6-2-1-5-11(12)16/h1-8H,9-10H2. The molecule has 1 aromatic carbocycles. The Morgan fingerprint density at radius 2 is 1.74 bits per heavy atom. The van der Waals surface area contributed by atoms with Crippen molar-refractivity contribution in [3.8, 4) is 0 Å². The molecule has 0 unspecified atom stereocenters. The van der Waals surface area contributed by atoms with Crippen molar-refractivity contribution < 1.29 is 4.79 Å². The van der Waals surface area contributed by atoms with E-state index in [-0.39, 0.29) is 5.24 Å². The Bertz CT molecular complexity index is 463. The molecule has 1 aromatic rings. The lowest BCUT2D eigenvalue weighted by molar-refractivity contribution is 0.233. The predicted molar refractivity (Wildman–Crippen MR) is 84.3 cm³/mol. The fourth-order valence-corrected chi connectivity index (χ4v) is 2.43. The minimum atomic E-state index is -0.113. The molecule has 0 spiro atoms. The average molecular weight is 337 g/mol. The molecule has 0 atom stereocenters. The summed E-state index contributed by atoms with van der Waals surface area (Å²) in [6, 6.07) is 7.21. The van der Waals surface area contributed by atoms with E-state index >= 15 is 0 Å². The predicted octanol–water partition coefficient (Wildman–Crippen LogP) is 5.36. The Morgan fingerprint density at radius 3 is 2.26 bits per heavy atom. The molecule has 19 heavy (non-hydrogen) atoms. The minimum absolute atomic E-state index is 0.113. The molecule has 0 bridgehead atoms. The van der Waals surface area contributed by atoms with Gasteiger partial charge in [0.2, 0.25) is 0 Å². The fourth-order valence-electron chi connectivity index (χ4n) is 1.24. The van der Waals surface area contributed by atoms with Crippen molar-refractivity contribution in [2.45, 2.75) is 4.90 Å². The van der Waals surface area contributed by atoms with Gasteiger partial charge in [-0.05, 0) is 23.9 Å². The van der Waals surface area contributed by atoms with Gasteiger partial charge in [0.05, 0.1) is 5.02 Å². The molecule has 0 heterocycles. The van der Waals surface area contributed by atoms with E-state index < -0.39 is 0 Å². The highest BCUT2D eigenvalue weighted by Crippen LogP contribution is 2.28. The third-order valence-corrected chi connectivity index (χ3v) is 3.93. The first-order valence-electron chi connectivity index (χ1n) is 5.40. The Morgan fingerprint density at radius 1 is 1.16 bits per heavy atom. The molecule has 0 fully saturated rings. The topological polar surface area (TPSA) is 20.3 Å². The summed E-state index contributed by atoms with van der Waals surface area (Å²) in [5.74, 6) is 0. The van der Waals surface area contributed by atoms with Gasteiger partial charge in [-0.3, -0.25) is 4.79 Å². The van der Waals surface area contributed by atoms with Crippen LogP contribution in [0.4, 0.5) is 4.79 Å². The highest BCUT2D eigenvalue weighted by Gasteiger charge is 2.14. The summed E-state index contributed by atoms with van der Waals surface area (Å²) in [5.41, 5.74) is 2.76. The van der Waals surface area contributed by atoms with Gasteiger partial charge in [-0.1, -0.05) is 59.1 Å². The van der Waals surface area contributed by atoms with Crippen LogP contribution in [0.5, 0.6) is 0 Å². The van der Waals surface area contributed by atoms with Gasteiger partial charge in [0.1, 0.15) is 0 Å². The van der Waals surface area contributed by atoms with Crippen LogP contribution in [0.1, 0.15) is 0 Å². The van der Waals surface area contributed by atoms with E-state index in [9.17, 15) is 4.79 Å². The van der Waals surface area contributed by atoms with E-state index in [0.29, 0.717) is 18.1 Å². The lowest BCUT2D eigenvalue weighted by atomic mass is 10.4. The van der Waals surface area contributed by atoms with E-state index in [1.807, 2.05) is 12.1 Å². The summed E-state index contributed by atoms with van der Waals surface area (Å²) in [6.07, 6.45) is 3.38. The molecule has 102 valence electrons. The van der Waals surface area contributed by atoms with E-state index in [2.05, 4.69) is 0 Å². The lowest BCUT2D eigenvalue weighted by Crippen LogP contribution is -2.27. The molecule has 0 aromatic heterocycles. The summed E-state index contributed by atoms with van der Waals surface area (Å²) in [6.45, 7) is 0.835. The van der Waals surface area contributed by atoms with Gasteiger partial charge in [0, 0.05) is 29.1 Å². The van der Waals surface area contributed by atoms with Crippen LogP contribution in [0.3, 0.4) is 0 Å². The van der Waals surface area contributed by atoms with Crippen LogP contribution in [0, 0.1) is 0 Å². The highest BCUT2D eigenvalue weighted by atomic mass is 35.5. The number of halogens is 3. The van der Waals surface area contributed by atoms with Crippen LogP contribution < -0.4 is 0 Å². The normalized spacial score (nSPS) is 11.3. The van der Waals surface area contributed by atoms with Crippen molar-refractivity contribution in [1.82, 2.24) is 4.90 Å². The number of carbonyl (C=O) groups excluding carboxylic acids is 1. The summed E-state index contributed by atoms with van der Waals surface area (Å²) in [5, 5.41) is 0.444. The number of benzene rings is 1. The number of hydrogen-bond donors (Lipinski definition) is 0. The van der Waals surface area contributed by atoms with Crippen LogP contribution in [-0.4, -0.2) is 23.2 Å². The van der Waals surface area contributed by atoms with Crippen molar-refractivity contribution in [2.75, 3.05) is 13.1 Å². The van der Waals surface area contributed by atoms with Gasteiger partial charge in [0.25, 0.3) is 5.24 Å². The maximum absolute atomic E-state index is 12.2. The molecule has 0 aliphatic rings. The van der Waals surface area contributed by atoms with Crippen LogP contribution in [-0.2, 0) is 0 Å². The van der Waals surface area contributed by atoms with Crippen molar-refractivity contribution in [3.05, 3.63) is 52.5 Å². The highest BCUT2D eigenvalue weighted by molar-refractivity contribution is 8.13. The van der Waals surface area contributed by atoms with Crippen molar-refractivity contribution in [1.29, 1.82) is 0 Å². The summed E-state index contributed by atoms with van der Waals surface area (Å²) in [7, 11) is 0. The third kappa shape index (κ3) is 5.91. The van der Waals surface area contributed by atoms with Gasteiger partial charge < -0.3 is 4.90 Å². The van der Waals surface area contributed by atoms with E-state index in [0.717, 1.165) is 16.7 Å². The molecule has 0 radical (unpaired) electrons. The summed E-state index contributed by atoms with van der Waals surface area (Å²) in [4.78, 5) is 14.5. The first-order valence-corrected chi connectivity index (χ1v) is 7.47. The maximum atomic E-state index is 12.2. The van der Waals surface area contributed by atoms with Gasteiger partial charge in [0.15, 0.2) is 0 Å². The third-order valence-electron chi connectivity index (χ3n) is 2.12. The smallest absolute Gasteiger partial charge is 0.287 e. The number of amides is 1. The van der Waals surface area contributed by atoms with E-state index in [4.69, 9.17) is 34.8 Å². The molecule has 1 rings (SSSR count). The van der Waals surface area contributed by atoms with Crippen molar-refractivity contribution >= 4 is 51.8 Å². The Hall–Kier alpha value is -0.610.